The number of hydrogen-bond donors (Lipinski definition) is 0. The number of methoxy groups -OCH3 is 1. The summed E-state index contributed by atoms with van der Waals surface area (Å²) in [5.74, 6) is 0.0743. The van der Waals surface area contributed by atoms with Crippen LogP contribution >= 0.6 is 11.3 Å². The number of carbonyl (C=O) groups is 1. The first-order valence-electron chi connectivity index (χ1n) is 12.9. The van der Waals surface area contributed by atoms with E-state index in [2.05, 4.69) is 4.99 Å². The quantitative estimate of drug-likeness (QED) is 0.163. The number of nitrogens with zero attached hydrogens (tertiary/aromatic N) is 4. The van der Waals surface area contributed by atoms with Crippen LogP contribution in [0.3, 0.4) is 0 Å². The number of esters is 1. The van der Waals surface area contributed by atoms with Gasteiger partial charge in [0, 0.05) is 17.7 Å². The minimum Gasteiger partial charge on any atom is -0.497 e. The molecule has 220 valence electrons. The maximum atomic E-state index is 13.8. The number of thiazole rings is 1. The Labute approximate surface area is 246 Å². The zero-order valence-electron chi connectivity index (χ0n) is 23.4. The van der Waals surface area contributed by atoms with Crippen LogP contribution in [0.4, 0.5) is 11.4 Å². The fourth-order valence-electron chi connectivity index (χ4n) is 4.80. The van der Waals surface area contributed by atoms with Gasteiger partial charge in [0.15, 0.2) is 4.80 Å². The zero-order valence-corrected chi connectivity index (χ0v) is 24.2. The van der Waals surface area contributed by atoms with Crippen molar-refractivity contribution in [1.82, 2.24) is 4.57 Å². The number of ether oxygens (including phenoxy) is 2. The molecule has 1 aliphatic rings. The smallest absolute Gasteiger partial charge is 0.338 e. The maximum absolute atomic E-state index is 13.8. The molecule has 0 radical (unpaired) electrons. The van der Waals surface area contributed by atoms with E-state index >= 15 is 0 Å². The van der Waals surface area contributed by atoms with Crippen molar-refractivity contribution in [2.75, 3.05) is 13.7 Å². The Morgan fingerprint density at radius 1 is 1.09 bits per heavy atom. The lowest BCUT2D eigenvalue weighted by atomic mass is 9.94. The molecule has 4 aromatic rings. The van der Waals surface area contributed by atoms with Gasteiger partial charge in [-0.15, -0.1) is 0 Å². The lowest BCUT2D eigenvalue weighted by Gasteiger charge is -2.24. The highest BCUT2D eigenvalue weighted by molar-refractivity contribution is 7.07. The van der Waals surface area contributed by atoms with E-state index in [0.717, 1.165) is 11.3 Å². The zero-order chi connectivity index (χ0) is 31.0. The lowest BCUT2D eigenvalue weighted by Crippen LogP contribution is -2.40. The molecular weight excluding hydrogens is 580 g/mol. The molecule has 5 rings (SSSR count). The van der Waals surface area contributed by atoms with Gasteiger partial charge in [-0.2, -0.15) is 0 Å². The monoisotopic (exact) mass is 604 g/mol. The molecule has 1 aliphatic heterocycles. The summed E-state index contributed by atoms with van der Waals surface area (Å²) in [7, 11) is 1.40. The van der Waals surface area contributed by atoms with E-state index < -0.39 is 27.4 Å². The first-order valence-corrected chi connectivity index (χ1v) is 13.7. The fourth-order valence-corrected chi connectivity index (χ4v) is 5.83. The number of rotatable bonds is 8. The van der Waals surface area contributed by atoms with Gasteiger partial charge in [0.05, 0.1) is 57.0 Å². The molecule has 1 atom stereocenters. The van der Waals surface area contributed by atoms with Crippen molar-refractivity contribution in [3.8, 4) is 17.1 Å². The Bertz CT molecular complexity index is 2020. The molecule has 0 spiro atoms. The Morgan fingerprint density at radius 3 is 2.51 bits per heavy atom. The molecule has 0 amide bonds. The van der Waals surface area contributed by atoms with Gasteiger partial charge < -0.3 is 13.9 Å². The minimum absolute atomic E-state index is 0.0774. The van der Waals surface area contributed by atoms with Gasteiger partial charge in [0.2, 0.25) is 0 Å². The molecule has 13 nitrogen and oxygen atoms in total. The number of benzene rings is 2. The summed E-state index contributed by atoms with van der Waals surface area (Å²) in [6.45, 7) is 4.93. The highest BCUT2D eigenvalue weighted by Gasteiger charge is 2.34. The summed E-state index contributed by atoms with van der Waals surface area (Å²) in [5.41, 5.74) is 0.501. The van der Waals surface area contributed by atoms with Gasteiger partial charge in [-0.05, 0) is 50.6 Å². The number of carbonyl (C=O) groups excluding carboxylic acids is 1. The van der Waals surface area contributed by atoms with E-state index in [4.69, 9.17) is 13.9 Å². The van der Waals surface area contributed by atoms with Crippen molar-refractivity contribution in [2.24, 2.45) is 4.99 Å². The number of aryl methyl sites for hydroxylation is 1. The number of furan rings is 1. The molecule has 3 heterocycles. The lowest BCUT2D eigenvalue weighted by molar-refractivity contribution is -0.385. The Hall–Kier alpha value is -5.37. The molecule has 0 unspecified atom stereocenters. The van der Waals surface area contributed by atoms with Crippen molar-refractivity contribution in [3.63, 3.8) is 0 Å². The standard InChI is InChI=1S/C29H24N4O9S/c1-5-41-28(35)25-16(3)30-29-31(26(25)17-7-6-15(2)21(12-17)32(36)37)27(34)24(43-29)14-19-9-11-23(42-19)20-10-8-18(40-4)13-22(20)33(38)39/h6-14,26H,5H2,1-4H3/b24-14+/t26-/m0/s1. The Balaban J connectivity index is 1.65. The first kappa shape index (κ1) is 29.1. The number of fused-ring (bicyclic) bond motifs is 1. The van der Waals surface area contributed by atoms with Crippen molar-refractivity contribution in [2.45, 2.75) is 26.8 Å². The van der Waals surface area contributed by atoms with Gasteiger partial charge in [-0.3, -0.25) is 29.6 Å². The molecular formula is C29H24N4O9S. The van der Waals surface area contributed by atoms with Gasteiger partial charge in [0.1, 0.15) is 17.3 Å². The first-order chi connectivity index (χ1) is 20.5. The number of aromatic nitrogens is 1. The molecule has 0 fully saturated rings. The van der Waals surface area contributed by atoms with E-state index in [9.17, 15) is 29.8 Å². The molecule has 0 saturated heterocycles. The van der Waals surface area contributed by atoms with E-state index in [1.54, 1.807) is 51.1 Å². The highest BCUT2D eigenvalue weighted by atomic mass is 32.1. The number of hydrogen-bond acceptors (Lipinski definition) is 11. The third-order valence-electron chi connectivity index (χ3n) is 6.83. The van der Waals surface area contributed by atoms with Crippen molar-refractivity contribution < 1.29 is 28.5 Å². The van der Waals surface area contributed by atoms with Crippen LogP contribution < -0.4 is 19.6 Å². The average molecular weight is 605 g/mol. The van der Waals surface area contributed by atoms with E-state index in [0.29, 0.717) is 22.6 Å². The van der Waals surface area contributed by atoms with Crippen molar-refractivity contribution in [1.29, 1.82) is 0 Å². The third kappa shape index (κ3) is 5.35. The average Bonchev–Trinajstić information content (AvgIpc) is 3.56. The predicted octanol–water partition coefficient (Wildman–Crippen LogP) is 4.19. The summed E-state index contributed by atoms with van der Waals surface area (Å²) in [6, 6.07) is 11.0. The fraction of sp³-hybridized carbons (Fsp3) is 0.207. The van der Waals surface area contributed by atoms with E-state index in [1.807, 2.05) is 0 Å². The van der Waals surface area contributed by atoms with Crippen LogP contribution in [0.1, 0.15) is 36.8 Å². The van der Waals surface area contributed by atoms with Crippen LogP contribution in [0.2, 0.25) is 0 Å². The number of nitro groups is 2. The largest absolute Gasteiger partial charge is 0.497 e. The molecule has 14 heteroatoms. The Kier molecular flexibility index (Phi) is 7.78. The van der Waals surface area contributed by atoms with Gasteiger partial charge in [0.25, 0.3) is 16.9 Å². The van der Waals surface area contributed by atoms with Gasteiger partial charge in [-0.1, -0.05) is 23.5 Å². The number of nitro benzene ring substituents is 2. The van der Waals surface area contributed by atoms with Gasteiger partial charge in [-0.25, -0.2) is 9.79 Å². The summed E-state index contributed by atoms with van der Waals surface area (Å²) in [5, 5.41) is 23.4. The highest BCUT2D eigenvalue weighted by Crippen LogP contribution is 2.35. The summed E-state index contributed by atoms with van der Waals surface area (Å²) in [6.07, 6.45) is 1.47. The van der Waals surface area contributed by atoms with Crippen LogP contribution in [0, 0.1) is 27.2 Å². The van der Waals surface area contributed by atoms with Crippen LogP contribution in [0.25, 0.3) is 17.4 Å². The van der Waals surface area contributed by atoms with Gasteiger partial charge >= 0.3 is 5.97 Å². The second kappa shape index (κ2) is 11.5. The van der Waals surface area contributed by atoms with Crippen LogP contribution in [-0.4, -0.2) is 34.1 Å². The second-order valence-corrected chi connectivity index (χ2v) is 10.5. The third-order valence-corrected chi connectivity index (χ3v) is 7.81. The summed E-state index contributed by atoms with van der Waals surface area (Å²) < 4.78 is 17.7. The SMILES string of the molecule is CCOC(=O)C1=C(C)N=c2s/c(=C/c3ccc(-c4ccc(OC)cc4[N+](=O)[O-])o3)c(=O)n2[C@H]1c1ccc(C)c([N+](=O)[O-])c1. The topological polar surface area (TPSA) is 169 Å². The predicted molar refractivity (Wildman–Crippen MR) is 156 cm³/mol. The molecule has 0 bridgehead atoms. The molecule has 2 aromatic carbocycles. The normalized spacial score (nSPS) is 14.7. The van der Waals surface area contributed by atoms with Crippen LogP contribution in [0.5, 0.6) is 5.75 Å². The summed E-state index contributed by atoms with van der Waals surface area (Å²) in [4.78, 5) is 54.0. The molecule has 0 N–H and O–H groups in total. The molecule has 0 aliphatic carbocycles. The van der Waals surface area contributed by atoms with E-state index in [1.165, 1.54) is 36.0 Å². The molecule has 2 aromatic heterocycles. The summed E-state index contributed by atoms with van der Waals surface area (Å²) >= 11 is 1.04. The molecule has 0 saturated carbocycles. The second-order valence-electron chi connectivity index (χ2n) is 9.45. The van der Waals surface area contributed by atoms with Crippen LogP contribution in [-0.2, 0) is 9.53 Å². The maximum Gasteiger partial charge on any atom is 0.338 e. The minimum atomic E-state index is -1.04. The Morgan fingerprint density at radius 2 is 1.84 bits per heavy atom. The van der Waals surface area contributed by atoms with Crippen molar-refractivity contribution in [3.05, 3.63) is 117 Å². The number of allylic oxidation sites excluding steroid dienone is 1. The van der Waals surface area contributed by atoms with E-state index in [-0.39, 0.29) is 50.0 Å². The van der Waals surface area contributed by atoms with Crippen molar-refractivity contribution >= 4 is 34.8 Å². The molecule has 43 heavy (non-hydrogen) atoms. The van der Waals surface area contributed by atoms with Crippen LogP contribution in [0.15, 0.2) is 74.0 Å².